The van der Waals surface area contributed by atoms with Gasteiger partial charge in [-0.3, -0.25) is 4.79 Å². The molecule has 0 aliphatic rings. The number of hydrogen-bond acceptors (Lipinski definition) is 4. The molecular weight excluding hydrogens is 427 g/mol. The topological polar surface area (TPSA) is 67.8 Å². The van der Waals surface area contributed by atoms with Crippen LogP contribution in [0.1, 0.15) is 26.3 Å². The van der Waals surface area contributed by atoms with E-state index in [1.165, 1.54) is 30.5 Å². The Balaban J connectivity index is 1.56. The number of amides is 1. The second-order valence-corrected chi connectivity index (χ2v) is 6.59. The molecule has 1 N–H and O–H groups in total. The zero-order chi connectivity index (χ0) is 19.9. The fourth-order valence-corrected chi connectivity index (χ4v) is 2.63. The normalized spacial score (nSPS) is 10.6. The van der Waals surface area contributed by atoms with Crippen LogP contribution in [0, 0.1) is 5.82 Å². The third kappa shape index (κ3) is 5.34. The molecule has 0 spiro atoms. The maximum absolute atomic E-state index is 12.9. The Morgan fingerprint density at radius 1 is 0.964 bits per heavy atom. The van der Waals surface area contributed by atoms with Crippen molar-refractivity contribution in [1.82, 2.24) is 5.43 Å². The van der Waals surface area contributed by atoms with E-state index in [0.717, 1.165) is 4.47 Å². The lowest BCUT2D eigenvalue weighted by Crippen LogP contribution is -2.17. The van der Waals surface area contributed by atoms with Gasteiger partial charge in [0.1, 0.15) is 11.6 Å². The molecule has 0 aromatic heterocycles. The fraction of sp³-hybridized carbons (Fsp3) is 0. The van der Waals surface area contributed by atoms with E-state index in [1.807, 2.05) is 6.07 Å². The minimum Gasteiger partial charge on any atom is -0.423 e. The number of nitrogens with zero attached hydrogens (tertiary/aromatic N) is 1. The Morgan fingerprint density at radius 3 is 2.36 bits per heavy atom. The summed E-state index contributed by atoms with van der Waals surface area (Å²) in [5, 5.41) is 3.86. The van der Waals surface area contributed by atoms with Crippen molar-refractivity contribution in [3.63, 3.8) is 0 Å². The van der Waals surface area contributed by atoms with Gasteiger partial charge in [-0.25, -0.2) is 14.6 Å². The molecule has 5 nitrogen and oxygen atoms in total. The molecular formula is C21H14BrFN2O3. The van der Waals surface area contributed by atoms with Gasteiger partial charge < -0.3 is 4.74 Å². The first kappa shape index (κ1) is 19.4. The number of carbonyl (C=O) groups is 2. The lowest BCUT2D eigenvalue weighted by molar-refractivity contribution is 0.0734. The van der Waals surface area contributed by atoms with E-state index in [1.54, 1.807) is 42.5 Å². The van der Waals surface area contributed by atoms with E-state index in [4.69, 9.17) is 4.74 Å². The van der Waals surface area contributed by atoms with Crippen molar-refractivity contribution < 1.29 is 18.7 Å². The van der Waals surface area contributed by atoms with Gasteiger partial charge in [-0.05, 0) is 72.3 Å². The average Bonchev–Trinajstić information content (AvgIpc) is 2.69. The molecule has 0 bridgehead atoms. The predicted octanol–water partition coefficient (Wildman–Crippen LogP) is 4.57. The minimum atomic E-state index is -0.464. The number of halogens is 2. The highest BCUT2D eigenvalue weighted by molar-refractivity contribution is 9.10. The summed E-state index contributed by atoms with van der Waals surface area (Å²) in [5.74, 6) is -0.941. The summed E-state index contributed by atoms with van der Waals surface area (Å²) in [6.45, 7) is 0. The van der Waals surface area contributed by atoms with Crippen molar-refractivity contribution in [1.29, 1.82) is 0 Å². The highest BCUT2D eigenvalue weighted by Gasteiger charge is 2.08. The first-order chi connectivity index (χ1) is 13.5. The molecule has 28 heavy (non-hydrogen) atoms. The van der Waals surface area contributed by atoms with E-state index in [2.05, 4.69) is 26.5 Å². The molecule has 3 rings (SSSR count). The third-order valence-corrected chi connectivity index (χ3v) is 4.13. The predicted molar refractivity (Wildman–Crippen MR) is 107 cm³/mol. The minimum absolute atomic E-state index is 0.299. The molecule has 0 fully saturated rings. The number of ether oxygens (including phenoxy) is 1. The van der Waals surface area contributed by atoms with Gasteiger partial charge in [0.15, 0.2) is 0 Å². The number of benzene rings is 3. The second kappa shape index (κ2) is 9.05. The molecule has 7 heteroatoms. The largest absolute Gasteiger partial charge is 0.423 e. The summed E-state index contributed by atoms with van der Waals surface area (Å²) >= 11 is 3.31. The Morgan fingerprint density at radius 2 is 1.68 bits per heavy atom. The standard InChI is InChI=1S/C21H14BrFN2O3/c22-17-3-1-2-16(12-17)21(27)28-19-10-4-14(5-11-19)13-24-25-20(26)15-6-8-18(23)9-7-15/h1-13H,(H,25,26)/b24-13+. The number of hydrazone groups is 1. The summed E-state index contributed by atoms with van der Waals surface area (Å²) in [7, 11) is 0. The molecule has 3 aromatic carbocycles. The molecule has 3 aromatic rings. The zero-order valence-corrected chi connectivity index (χ0v) is 16.0. The lowest BCUT2D eigenvalue weighted by atomic mass is 10.2. The molecule has 1 amide bonds. The maximum Gasteiger partial charge on any atom is 0.343 e. The third-order valence-electron chi connectivity index (χ3n) is 3.64. The van der Waals surface area contributed by atoms with Crippen LogP contribution in [0.2, 0.25) is 0 Å². The van der Waals surface area contributed by atoms with Gasteiger partial charge in [0.2, 0.25) is 0 Å². The number of rotatable bonds is 5. The van der Waals surface area contributed by atoms with Crippen LogP contribution in [0.5, 0.6) is 5.75 Å². The number of carbonyl (C=O) groups excluding carboxylic acids is 2. The highest BCUT2D eigenvalue weighted by Crippen LogP contribution is 2.16. The molecule has 0 saturated carbocycles. The van der Waals surface area contributed by atoms with Crippen molar-refractivity contribution in [2.75, 3.05) is 0 Å². The van der Waals surface area contributed by atoms with Crippen LogP contribution in [0.15, 0.2) is 82.4 Å². The van der Waals surface area contributed by atoms with Gasteiger partial charge in [-0.1, -0.05) is 22.0 Å². The average molecular weight is 441 g/mol. The van der Waals surface area contributed by atoms with Gasteiger partial charge >= 0.3 is 5.97 Å². The first-order valence-corrected chi connectivity index (χ1v) is 8.97. The van der Waals surface area contributed by atoms with Crippen LogP contribution in [0.3, 0.4) is 0 Å². The number of esters is 1. The quantitative estimate of drug-likeness (QED) is 0.273. The van der Waals surface area contributed by atoms with E-state index < -0.39 is 17.7 Å². The van der Waals surface area contributed by atoms with E-state index >= 15 is 0 Å². The van der Waals surface area contributed by atoms with Crippen molar-refractivity contribution in [3.8, 4) is 5.75 Å². The van der Waals surface area contributed by atoms with E-state index in [-0.39, 0.29) is 0 Å². The molecule has 0 saturated heterocycles. The van der Waals surface area contributed by atoms with Crippen molar-refractivity contribution in [3.05, 3.63) is 99.8 Å². The lowest BCUT2D eigenvalue weighted by Gasteiger charge is -2.05. The summed E-state index contributed by atoms with van der Waals surface area (Å²) in [5.41, 5.74) is 3.79. The van der Waals surface area contributed by atoms with Gasteiger partial charge in [-0.2, -0.15) is 5.10 Å². The Bertz CT molecular complexity index is 1020. The van der Waals surface area contributed by atoms with Crippen molar-refractivity contribution >= 4 is 34.0 Å². The summed E-state index contributed by atoms with van der Waals surface area (Å²) in [6.07, 6.45) is 1.45. The SMILES string of the molecule is O=C(N/N=C/c1ccc(OC(=O)c2cccc(Br)c2)cc1)c1ccc(F)cc1. The number of nitrogens with one attached hydrogen (secondary N) is 1. The van der Waals surface area contributed by atoms with Crippen LogP contribution in [0.4, 0.5) is 4.39 Å². The van der Waals surface area contributed by atoms with Crippen LogP contribution in [-0.2, 0) is 0 Å². The van der Waals surface area contributed by atoms with Crippen LogP contribution in [0.25, 0.3) is 0 Å². The van der Waals surface area contributed by atoms with Crippen LogP contribution < -0.4 is 10.2 Å². The van der Waals surface area contributed by atoms with Crippen LogP contribution >= 0.6 is 15.9 Å². The molecule has 0 aliphatic carbocycles. The molecule has 0 atom stereocenters. The van der Waals surface area contributed by atoms with E-state index in [0.29, 0.717) is 22.4 Å². The van der Waals surface area contributed by atoms with Gasteiger partial charge in [0.25, 0.3) is 5.91 Å². The summed E-state index contributed by atoms with van der Waals surface area (Å²) in [6, 6.07) is 18.7. The zero-order valence-electron chi connectivity index (χ0n) is 14.4. The molecule has 0 radical (unpaired) electrons. The highest BCUT2D eigenvalue weighted by atomic mass is 79.9. The van der Waals surface area contributed by atoms with Gasteiger partial charge in [-0.15, -0.1) is 0 Å². The molecule has 0 unspecified atom stereocenters. The van der Waals surface area contributed by atoms with Crippen molar-refractivity contribution in [2.24, 2.45) is 5.10 Å². The molecule has 0 aliphatic heterocycles. The van der Waals surface area contributed by atoms with Gasteiger partial charge in [0, 0.05) is 10.0 Å². The number of hydrogen-bond donors (Lipinski definition) is 1. The monoisotopic (exact) mass is 440 g/mol. The Labute approximate surface area is 169 Å². The Hall–Kier alpha value is -3.32. The smallest absolute Gasteiger partial charge is 0.343 e. The van der Waals surface area contributed by atoms with Gasteiger partial charge in [0.05, 0.1) is 11.8 Å². The fourth-order valence-electron chi connectivity index (χ4n) is 2.23. The summed E-state index contributed by atoms with van der Waals surface area (Å²) in [4.78, 5) is 24.0. The van der Waals surface area contributed by atoms with E-state index in [9.17, 15) is 14.0 Å². The summed E-state index contributed by atoms with van der Waals surface area (Å²) < 4.78 is 19.0. The van der Waals surface area contributed by atoms with Crippen molar-refractivity contribution in [2.45, 2.75) is 0 Å². The second-order valence-electron chi connectivity index (χ2n) is 5.67. The molecule has 0 heterocycles. The Kier molecular flexibility index (Phi) is 6.29. The molecule has 140 valence electrons. The van der Waals surface area contributed by atoms with Crippen LogP contribution in [-0.4, -0.2) is 18.1 Å². The first-order valence-electron chi connectivity index (χ1n) is 8.18. The maximum atomic E-state index is 12.9.